The van der Waals surface area contributed by atoms with E-state index < -0.39 is 37.3 Å². The first kappa shape index (κ1) is 26.0. The molecule has 0 unspecified atom stereocenters. The van der Waals surface area contributed by atoms with Gasteiger partial charge in [0.2, 0.25) is 6.29 Å². The van der Waals surface area contributed by atoms with Crippen molar-refractivity contribution in [2.24, 2.45) is 11.8 Å². The van der Waals surface area contributed by atoms with Crippen LogP contribution in [0.4, 0.5) is 0 Å². The lowest BCUT2D eigenvalue weighted by molar-refractivity contribution is -0.277. The van der Waals surface area contributed by atoms with Crippen LogP contribution in [-0.2, 0) is 14.2 Å². The number of aromatic hydroxyl groups is 1. The van der Waals surface area contributed by atoms with Crippen molar-refractivity contribution in [2.45, 2.75) is 42.9 Å². The molecule has 37 heavy (non-hydrogen) atoms. The molecule has 0 bridgehead atoms. The van der Waals surface area contributed by atoms with Gasteiger partial charge in [0.25, 0.3) is 0 Å². The summed E-state index contributed by atoms with van der Waals surface area (Å²) in [7, 11) is 2.98. The number of phenols is 1. The van der Waals surface area contributed by atoms with Crippen LogP contribution in [0.1, 0.15) is 23.3 Å². The molecule has 3 aliphatic rings. The van der Waals surface area contributed by atoms with Gasteiger partial charge in [-0.15, -0.1) is 0 Å². The molecule has 5 rings (SSSR count). The van der Waals surface area contributed by atoms with Crippen molar-refractivity contribution in [1.82, 2.24) is 0 Å². The van der Waals surface area contributed by atoms with E-state index in [2.05, 4.69) is 0 Å². The lowest BCUT2D eigenvalue weighted by Gasteiger charge is -2.39. The minimum absolute atomic E-state index is 0.0689. The molecule has 3 heterocycles. The Balaban J connectivity index is 1.32. The molecule has 11 nitrogen and oxygen atoms in total. The van der Waals surface area contributed by atoms with E-state index in [-0.39, 0.29) is 35.5 Å². The number of phenolic OH excluding ortho intramolecular Hbond substituents is 1. The number of aliphatic hydroxyl groups is 4. The summed E-state index contributed by atoms with van der Waals surface area (Å²) in [5, 5.41) is 49.7. The molecular formula is C26H32O11. The number of ether oxygens (including phenoxy) is 6. The molecule has 5 N–H and O–H groups in total. The highest BCUT2D eigenvalue weighted by molar-refractivity contribution is 5.45. The second kappa shape index (κ2) is 10.6. The Morgan fingerprint density at radius 2 is 1.38 bits per heavy atom. The van der Waals surface area contributed by atoms with E-state index in [9.17, 15) is 25.5 Å². The number of benzene rings is 2. The number of methoxy groups -OCH3 is 2. The summed E-state index contributed by atoms with van der Waals surface area (Å²) in [4.78, 5) is 0. The van der Waals surface area contributed by atoms with Gasteiger partial charge in [-0.1, -0.05) is 12.1 Å². The molecule has 3 fully saturated rings. The summed E-state index contributed by atoms with van der Waals surface area (Å²) in [6.07, 6.45) is -7.41. The molecule has 2 aromatic carbocycles. The summed E-state index contributed by atoms with van der Waals surface area (Å²) in [6, 6.07) is 10.5. The predicted octanol–water partition coefficient (Wildman–Crippen LogP) is 0.663. The third-order valence-electron chi connectivity index (χ3n) is 7.40. The molecule has 0 aromatic heterocycles. The average molecular weight is 521 g/mol. The molecular weight excluding hydrogens is 488 g/mol. The molecule has 3 saturated heterocycles. The van der Waals surface area contributed by atoms with E-state index in [1.54, 1.807) is 24.3 Å². The Hall–Kier alpha value is -2.64. The molecule has 2 aromatic rings. The summed E-state index contributed by atoms with van der Waals surface area (Å²) < 4.78 is 34.3. The van der Waals surface area contributed by atoms with Gasteiger partial charge in [-0.25, -0.2) is 0 Å². The van der Waals surface area contributed by atoms with Gasteiger partial charge in [0.05, 0.1) is 46.2 Å². The van der Waals surface area contributed by atoms with Crippen LogP contribution in [0.25, 0.3) is 0 Å². The van der Waals surface area contributed by atoms with Crippen molar-refractivity contribution in [3.8, 4) is 23.0 Å². The van der Waals surface area contributed by atoms with Crippen LogP contribution in [-0.4, -0.2) is 90.3 Å². The van der Waals surface area contributed by atoms with E-state index in [1.807, 2.05) is 12.1 Å². The van der Waals surface area contributed by atoms with Crippen molar-refractivity contribution >= 4 is 0 Å². The summed E-state index contributed by atoms with van der Waals surface area (Å²) in [6.45, 7) is 0.436. The SMILES string of the molecule is COc1cc([C@@H]2OC[C@@H]3[C@H]2CO[C@@H]3c2ccc(O[C@H]3O[C@@H](CO)[C@H](O)[C@@H](O)[C@@H]3O)c(OC)c2)ccc1O. The molecule has 0 aliphatic carbocycles. The van der Waals surface area contributed by atoms with E-state index >= 15 is 0 Å². The number of aliphatic hydroxyl groups excluding tert-OH is 4. The number of rotatable bonds is 7. The van der Waals surface area contributed by atoms with Crippen LogP contribution >= 0.6 is 0 Å². The Kier molecular flexibility index (Phi) is 7.46. The molecule has 0 radical (unpaired) electrons. The maximum atomic E-state index is 10.3. The molecule has 0 spiro atoms. The van der Waals surface area contributed by atoms with Crippen molar-refractivity contribution < 1.29 is 54.0 Å². The first-order valence-electron chi connectivity index (χ1n) is 12.1. The van der Waals surface area contributed by atoms with E-state index in [1.165, 1.54) is 14.2 Å². The molecule has 9 atom stereocenters. The number of hydrogen-bond donors (Lipinski definition) is 5. The molecule has 3 aliphatic heterocycles. The van der Waals surface area contributed by atoms with Crippen LogP contribution in [0.15, 0.2) is 36.4 Å². The summed E-state index contributed by atoms with van der Waals surface area (Å²) in [5.41, 5.74) is 1.77. The summed E-state index contributed by atoms with van der Waals surface area (Å²) >= 11 is 0. The Labute approximate surface area is 213 Å². The lowest BCUT2D eigenvalue weighted by atomic mass is 9.85. The highest BCUT2D eigenvalue weighted by Crippen LogP contribution is 2.51. The maximum absolute atomic E-state index is 10.3. The van der Waals surface area contributed by atoms with Crippen molar-refractivity contribution in [1.29, 1.82) is 0 Å². The minimum atomic E-state index is -1.55. The first-order chi connectivity index (χ1) is 17.9. The van der Waals surface area contributed by atoms with E-state index in [4.69, 9.17) is 28.4 Å². The van der Waals surface area contributed by atoms with E-state index in [0.717, 1.165) is 11.1 Å². The average Bonchev–Trinajstić information content (AvgIpc) is 3.52. The van der Waals surface area contributed by atoms with E-state index in [0.29, 0.717) is 24.7 Å². The van der Waals surface area contributed by atoms with Crippen molar-refractivity contribution in [3.05, 3.63) is 47.5 Å². The Bertz CT molecular complexity index is 1090. The number of fused-ring (bicyclic) bond motifs is 1. The fourth-order valence-electron chi connectivity index (χ4n) is 5.35. The van der Waals surface area contributed by atoms with Gasteiger partial charge in [-0.3, -0.25) is 0 Å². The molecule has 11 heteroatoms. The Morgan fingerprint density at radius 3 is 1.97 bits per heavy atom. The second-order valence-corrected chi connectivity index (χ2v) is 9.49. The molecule has 0 amide bonds. The van der Waals surface area contributed by atoms with Gasteiger partial charge in [0.1, 0.15) is 24.4 Å². The largest absolute Gasteiger partial charge is 0.504 e. The van der Waals surface area contributed by atoms with Gasteiger partial charge in [-0.2, -0.15) is 0 Å². The zero-order chi connectivity index (χ0) is 26.3. The zero-order valence-corrected chi connectivity index (χ0v) is 20.5. The maximum Gasteiger partial charge on any atom is 0.229 e. The quantitative estimate of drug-likeness (QED) is 0.349. The van der Waals surface area contributed by atoms with Crippen LogP contribution in [0.5, 0.6) is 23.0 Å². The lowest BCUT2D eigenvalue weighted by Crippen LogP contribution is -2.60. The highest BCUT2D eigenvalue weighted by Gasteiger charge is 2.49. The fraction of sp³-hybridized carbons (Fsp3) is 0.538. The van der Waals surface area contributed by atoms with Crippen molar-refractivity contribution in [2.75, 3.05) is 34.0 Å². The van der Waals surface area contributed by atoms with Gasteiger partial charge in [0.15, 0.2) is 23.0 Å². The second-order valence-electron chi connectivity index (χ2n) is 9.49. The monoisotopic (exact) mass is 520 g/mol. The third kappa shape index (κ3) is 4.72. The first-order valence-corrected chi connectivity index (χ1v) is 12.1. The van der Waals surface area contributed by atoms with Crippen LogP contribution in [0, 0.1) is 11.8 Å². The zero-order valence-electron chi connectivity index (χ0n) is 20.5. The van der Waals surface area contributed by atoms with Crippen LogP contribution in [0.3, 0.4) is 0 Å². The third-order valence-corrected chi connectivity index (χ3v) is 7.40. The normalized spacial score (nSPS) is 35.2. The molecule has 0 saturated carbocycles. The standard InChI is InChI=1S/C26H32O11/c1-32-18-7-12(3-5-16(18)28)24-14-10-35-25(15(14)11-34-24)13-4-6-17(19(8-13)33-2)36-26-23(31)22(30)21(29)20(9-27)37-26/h3-8,14-15,20-31H,9-11H2,1-2H3/t14-,15-,20+,21+,22-,23+,24+,25-,26+/m1/s1. The van der Waals surface area contributed by atoms with Gasteiger partial charge in [0, 0.05) is 11.8 Å². The fourth-order valence-corrected chi connectivity index (χ4v) is 5.35. The molecule has 202 valence electrons. The minimum Gasteiger partial charge on any atom is -0.504 e. The Morgan fingerprint density at radius 1 is 0.784 bits per heavy atom. The van der Waals surface area contributed by atoms with Gasteiger partial charge in [-0.05, 0) is 35.4 Å². The van der Waals surface area contributed by atoms with Crippen molar-refractivity contribution in [3.63, 3.8) is 0 Å². The van der Waals surface area contributed by atoms with Crippen LogP contribution < -0.4 is 14.2 Å². The summed E-state index contributed by atoms with van der Waals surface area (Å²) in [5.74, 6) is 1.27. The smallest absolute Gasteiger partial charge is 0.229 e. The van der Waals surface area contributed by atoms with Gasteiger partial charge < -0.3 is 54.0 Å². The topological polar surface area (TPSA) is 157 Å². The highest BCUT2D eigenvalue weighted by atomic mass is 16.7. The van der Waals surface area contributed by atoms with Gasteiger partial charge >= 0.3 is 0 Å². The predicted molar refractivity (Wildman–Crippen MR) is 126 cm³/mol. The number of hydrogen-bond acceptors (Lipinski definition) is 11. The van der Waals surface area contributed by atoms with Crippen LogP contribution in [0.2, 0.25) is 0 Å².